The van der Waals surface area contributed by atoms with Crippen LogP contribution in [0.1, 0.15) is 31.4 Å². The zero-order valence-electron chi connectivity index (χ0n) is 11.2. The van der Waals surface area contributed by atoms with Crippen LogP contribution in [-0.2, 0) is 16.0 Å². The molecule has 0 fully saturated rings. The highest BCUT2D eigenvalue weighted by atomic mass is 16.5. The van der Waals surface area contributed by atoms with Crippen molar-refractivity contribution in [2.75, 3.05) is 6.61 Å². The Morgan fingerprint density at radius 3 is 2.89 bits per heavy atom. The summed E-state index contributed by atoms with van der Waals surface area (Å²) < 4.78 is 4.94. The lowest BCUT2D eigenvalue weighted by atomic mass is 10.1. The molecule has 1 aromatic carbocycles. The monoisotopic (exact) mass is 259 g/mol. The molecule has 0 aromatic heterocycles. The summed E-state index contributed by atoms with van der Waals surface area (Å²) in [6, 6.07) is 5.61. The number of ether oxygens (including phenoxy) is 1. The van der Waals surface area contributed by atoms with Crippen molar-refractivity contribution in [3.63, 3.8) is 0 Å². The molecule has 0 aliphatic rings. The summed E-state index contributed by atoms with van der Waals surface area (Å²) in [7, 11) is 0. The first-order chi connectivity index (χ1) is 9.21. The minimum Gasteiger partial charge on any atom is -0.461 e. The van der Waals surface area contributed by atoms with E-state index < -0.39 is 0 Å². The van der Waals surface area contributed by atoms with E-state index in [2.05, 4.69) is 10.0 Å². The first-order valence-electron chi connectivity index (χ1n) is 6.21. The standard InChI is InChI=1S/C14H17N3O2/c1-3-12-10-11(7-8-13(12)16-17-15)6-5-9-19-14(18)4-2/h5-8,10H,3-4,9H2,1-2H3/b6-5+. The van der Waals surface area contributed by atoms with E-state index in [0.717, 1.165) is 17.5 Å². The molecule has 5 heteroatoms. The SMILES string of the molecule is CCC(=O)OC/C=C/c1ccc(N=[N+]=[N-])c(CC)c1. The number of benzene rings is 1. The fourth-order valence-electron chi connectivity index (χ4n) is 1.57. The highest BCUT2D eigenvalue weighted by Gasteiger charge is 1.99. The van der Waals surface area contributed by atoms with E-state index in [9.17, 15) is 4.79 Å². The number of rotatable bonds is 6. The Balaban J connectivity index is 2.71. The maximum Gasteiger partial charge on any atom is 0.305 e. The number of carbonyl (C=O) groups is 1. The van der Waals surface area contributed by atoms with Gasteiger partial charge in [0.25, 0.3) is 0 Å². The predicted molar refractivity (Wildman–Crippen MR) is 74.9 cm³/mol. The average molecular weight is 259 g/mol. The second-order valence-electron chi connectivity index (χ2n) is 3.87. The van der Waals surface area contributed by atoms with Gasteiger partial charge in [-0.25, -0.2) is 0 Å². The van der Waals surface area contributed by atoms with Crippen LogP contribution < -0.4 is 0 Å². The van der Waals surface area contributed by atoms with Crippen LogP contribution in [0.2, 0.25) is 0 Å². The third kappa shape index (κ3) is 4.85. The average Bonchev–Trinajstić information content (AvgIpc) is 2.44. The predicted octanol–water partition coefficient (Wildman–Crippen LogP) is 4.16. The lowest BCUT2D eigenvalue weighted by Crippen LogP contribution is -2.01. The maximum absolute atomic E-state index is 10.9. The minimum atomic E-state index is -0.211. The van der Waals surface area contributed by atoms with Gasteiger partial charge in [0, 0.05) is 17.0 Å². The van der Waals surface area contributed by atoms with Gasteiger partial charge in [-0.3, -0.25) is 4.79 Å². The summed E-state index contributed by atoms with van der Waals surface area (Å²) in [5.41, 5.74) is 11.1. The molecule has 0 spiro atoms. The van der Waals surface area contributed by atoms with Crippen molar-refractivity contribution in [3.05, 3.63) is 45.8 Å². The van der Waals surface area contributed by atoms with E-state index in [-0.39, 0.29) is 12.6 Å². The van der Waals surface area contributed by atoms with Crippen LogP contribution in [0.5, 0.6) is 0 Å². The number of hydrogen-bond donors (Lipinski definition) is 0. The van der Waals surface area contributed by atoms with Gasteiger partial charge >= 0.3 is 5.97 Å². The van der Waals surface area contributed by atoms with Gasteiger partial charge < -0.3 is 4.74 Å². The van der Waals surface area contributed by atoms with Crippen LogP contribution >= 0.6 is 0 Å². The van der Waals surface area contributed by atoms with Gasteiger partial charge in [-0.1, -0.05) is 43.2 Å². The van der Waals surface area contributed by atoms with E-state index >= 15 is 0 Å². The van der Waals surface area contributed by atoms with Gasteiger partial charge in [0.05, 0.1) is 0 Å². The molecular weight excluding hydrogens is 242 g/mol. The van der Waals surface area contributed by atoms with Crippen molar-refractivity contribution in [3.8, 4) is 0 Å². The molecule has 100 valence electrons. The Bertz CT molecular complexity index is 517. The molecule has 0 saturated heterocycles. The number of esters is 1. The van der Waals surface area contributed by atoms with Gasteiger partial charge in [0.15, 0.2) is 0 Å². The molecular formula is C14H17N3O2. The van der Waals surface area contributed by atoms with Gasteiger partial charge in [-0.15, -0.1) is 0 Å². The minimum absolute atomic E-state index is 0.211. The van der Waals surface area contributed by atoms with Crippen molar-refractivity contribution < 1.29 is 9.53 Å². The lowest BCUT2D eigenvalue weighted by Gasteiger charge is -2.03. The lowest BCUT2D eigenvalue weighted by molar-refractivity contribution is -0.141. The fraction of sp³-hybridized carbons (Fsp3) is 0.357. The molecule has 0 saturated carbocycles. The number of nitrogens with zero attached hydrogens (tertiary/aromatic N) is 3. The summed E-state index contributed by atoms with van der Waals surface area (Å²) in [6.45, 7) is 4.03. The second-order valence-corrected chi connectivity index (χ2v) is 3.87. The van der Waals surface area contributed by atoms with Crippen molar-refractivity contribution in [1.29, 1.82) is 0 Å². The first-order valence-corrected chi connectivity index (χ1v) is 6.21. The van der Waals surface area contributed by atoms with Crippen molar-refractivity contribution in [1.82, 2.24) is 0 Å². The Labute approximate surface area is 112 Å². The third-order valence-corrected chi connectivity index (χ3v) is 2.58. The van der Waals surface area contributed by atoms with E-state index in [0.29, 0.717) is 12.1 Å². The van der Waals surface area contributed by atoms with Crippen LogP contribution in [0.15, 0.2) is 29.4 Å². The summed E-state index contributed by atoms with van der Waals surface area (Å²) in [5, 5.41) is 3.64. The highest BCUT2D eigenvalue weighted by molar-refractivity contribution is 5.69. The van der Waals surface area contributed by atoms with Crippen LogP contribution in [0, 0.1) is 0 Å². The van der Waals surface area contributed by atoms with Crippen molar-refractivity contribution >= 4 is 17.7 Å². The normalized spacial score (nSPS) is 10.2. The van der Waals surface area contributed by atoms with E-state index in [4.69, 9.17) is 10.3 Å². The fourth-order valence-corrected chi connectivity index (χ4v) is 1.57. The van der Waals surface area contributed by atoms with Crippen LogP contribution in [0.4, 0.5) is 5.69 Å². The van der Waals surface area contributed by atoms with Gasteiger partial charge in [-0.2, -0.15) is 0 Å². The number of carbonyl (C=O) groups excluding carboxylic acids is 1. The molecule has 0 N–H and O–H groups in total. The summed E-state index contributed by atoms with van der Waals surface area (Å²) in [5.74, 6) is -0.211. The van der Waals surface area contributed by atoms with Crippen LogP contribution in [-0.4, -0.2) is 12.6 Å². The summed E-state index contributed by atoms with van der Waals surface area (Å²) in [4.78, 5) is 13.7. The zero-order chi connectivity index (χ0) is 14.1. The molecule has 1 aromatic rings. The molecule has 5 nitrogen and oxygen atoms in total. The van der Waals surface area contributed by atoms with E-state index in [1.54, 1.807) is 19.1 Å². The smallest absolute Gasteiger partial charge is 0.305 e. The molecule has 0 aliphatic heterocycles. The summed E-state index contributed by atoms with van der Waals surface area (Å²) >= 11 is 0. The third-order valence-electron chi connectivity index (χ3n) is 2.58. The molecule has 0 bridgehead atoms. The second kappa shape index (κ2) is 7.95. The molecule has 0 amide bonds. The molecule has 19 heavy (non-hydrogen) atoms. The maximum atomic E-state index is 10.9. The van der Waals surface area contributed by atoms with Gasteiger partial charge in [0.1, 0.15) is 6.61 Å². The molecule has 0 radical (unpaired) electrons. The first kappa shape index (κ1) is 14.8. The molecule has 0 unspecified atom stereocenters. The molecule has 0 aliphatic carbocycles. The van der Waals surface area contributed by atoms with E-state index in [1.807, 2.05) is 25.1 Å². The Kier molecular flexibility index (Phi) is 6.19. The Hall–Kier alpha value is -2.26. The molecule has 0 heterocycles. The quantitative estimate of drug-likeness (QED) is 0.333. The number of azide groups is 1. The van der Waals surface area contributed by atoms with Gasteiger partial charge in [0.2, 0.25) is 0 Å². The Morgan fingerprint density at radius 2 is 2.26 bits per heavy atom. The summed E-state index contributed by atoms with van der Waals surface area (Å²) in [6.07, 6.45) is 4.84. The largest absolute Gasteiger partial charge is 0.461 e. The Morgan fingerprint density at radius 1 is 1.47 bits per heavy atom. The van der Waals surface area contributed by atoms with Crippen LogP contribution in [0.3, 0.4) is 0 Å². The molecule has 0 atom stereocenters. The number of aryl methyl sites for hydroxylation is 1. The van der Waals surface area contributed by atoms with Crippen molar-refractivity contribution in [2.24, 2.45) is 5.11 Å². The zero-order valence-corrected chi connectivity index (χ0v) is 11.2. The van der Waals surface area contributed by atoms with Crippen molar-refractivity contribution in [2.45, 2.75) is 26.7 Å². The topological polar surface area (TPSA) is 75.1 Å². The highest BCUT2D eigenvalue weighted by Crippen LogP contribution is 2.22. The van der Waals surface area contributed by atoms with Crippen LogP contribution in [0.25, 0.3) is 16.5 Å². The number of hydrogen-bond acceptors (Lipinski definition) is 3. The van der Waals surface area contributed by atoms with E-state index in [1.165, 1.54) is 0 Å². The van der Waals surface area contributed by atoms with Gasteiger partial charge in [-0.05, 0) is 29.2 Å². The molecule has 1 rings (SSSR count).